The number of methoxy groups -OCH3 is 1. The van der Waals surface area contributed by atoms with Crippen LogP contribution in [0, 0.1) is 5.92 Å². The summed E-state index contributed by atoms with van der Waals surface area (Å²) in [6.45, 7) is 7.62. The largest absolute Gasteiger partial charge is 0.375 e. The Bertz CT molecular complexity index is 328. The maximum atomic E-state index is 5.66. The monoisotopic (exact) mass is 219 g/mol. The highest BCUT2D eigenvalue weighted by Gasteiger charge is 2.45. The van der Waals surface area contributed by atoms with E-state index in [1.807, 2.05) is 7.11 Å². The molecule has 1 aromatic carbocycles. The van der Waals surface area contributed by atoms with E-state index >= 15 is 0 Å². The maximum absolute atomic E-state index is 5.66. The summed E-state index contributed by atoms with van der Waals surface area (Å²) in [6.07, 6.45) is 0. The maximum Gasteiger partial charge on any atom is 0.0953 e. The van der Waals surface area contributed by atoms with Gasteiger partial charge in [-0.05, 0) is 11.5 Å². The minimum atomic E-state index is 0.0920. The predicted molar refractivity (Wildman–Crippen MR) is 66.3 cm³/mol. The third kappa shape index (κ3) is 2.13. The number of benzene rings is 1. The molecular weight excluding hydrogens is 198 g/mol. The van der Waals surface area contributed by atoms with Crippen molar-refractivity contribution < 1.29 is 4.74 Å². The molecule has 0 spiro atoms. The van der Waals surface area contributed by atoms with Gasteiger partial charge < -0.3 is 4.74 Å². The van der Waals surface area contributed by atoms with E-state index in [1.165, 1.54) is 5.56 Å². The summed E-state index contributed by atoms with van der Waals surface area (Å²) in [6, 6.07) is 10.6. The average molecular weight is 219 g/mol. The van der Waals surface area contributed by atoms with Gasteiger partial charge in [0, 0.05) is 26.7 Å². The zero-order chi connectivity index (χ0) is 11.6. The molecule has 16 heavy (non-hydrogen) atoms. The van der Waals surface area contributed by atoms with Crippen molar-refractivity contribution in [3.8, 4) is 0 Å². The summed E-state index contributed by atoms with van der Waals surface area (Å²) >= 11 is 0. The van der Waals surface area contributed by atoms with Crippen molar-refractivity contribution in [2.45, 2.75) is 26.0 Å². The zero-order valence-corrected chi connectivity index (χ0v) is 10.4. The Balaban J connectivity index is 1.89. The lowest BCUT2D eigenvalue weighted by molar-refractivity contribution is -0.154. The summed E-state index contributed by atoms with van der Waals surface area (Å²) in [7, 11) is 1.83. The number of hydrogen-bond acceptors (Lipinski definition) is 2. The Morgan fingerprint density at radius 3 is 2.38 bits per heavy atom. The molecule has 1 fully saturated rings. The van der Waals surface area contributed by atoms with Gasteiger partial charge in [0.15, 0.2) is 0 Å². The van der Waals surface area contributed by atoms with Gasteiger partial charge in [0.2, 0.25) is 0 Å². The molecule has 1 aliphatic heterocycles. The summed E-state index contributed by atoms with van der Waals surface area (Å²) in [5, 5.41) is 0. The quantitative estimate of drug-likeness (QED) is 0.771. The van der Waals surface area contributed by atoms with Crippen molar-refractivity contribution in [1.29, 1.82) is 0 Å². The fourth-order valence-electron chi connectivity index (χ4n) is 2.39. The number of likely N-dealkylation sites (tertiary alicyclic amines) is 1. The summed E-state index contributed by atoms with van der Waals surface area (Å²) in [4.78, 5) is 2.44. The standard InChI is InChI=1S/C14H21NO/c1-12(2)14(16-3)10-15(11-14)9-13-7-5-4-6-8-13/h4-8,12H,9-11H2,1-3H3. The van der Waals surface area contributed by atoms with Crippen LogP contribution in [-0.4, -0.2) is 30.7 Å². The van der Waals surface area contributed by atoms with Crippen LogP contribution in [0.25, 0.3) is 0 Å². The molecule has 0 radical (unpaired) electrons. The molecule has 88 valence electrons. The second-order valence-corrected chi connectivity index (χ2v) is 5.05. The van der Waals surface area contributed by atoms with Crippen LogP contribution in [0.5, 0.6) is 0 Å². The lowest BCUT2D eigenvalue weighted by Crippen LogP contribution is -2.64. The van der Waals surface area contributed by atoms with Gasteiger partial charge in [0.25, 0.3) is 0 Å². The van der Waals surface area contributed by atoms with E-state index in [4.69, 9.17) is 4.74 Å². The lowest BCUT2D eigenvalue weighted by Gasteiger charge is -2.51. The first kappa shape index (κ1) is 11.6. The molecular formula is C14H21NO. The topological polar surface area (TPSA) is 12.5 Å². The Labute approximate surface area is 98.2 Å². The molecule has 1 aromatic rings. The third-order valence-electron chi connectivity index (χ3n) is 3.69. The van der Waals surface area contributed by atoms with Gasteiger partial charge in [-0.1, -0.05) is 44.2 Å². The zero-order valence-electron chi connectivity index (χ0n) is 10.4. The van der Waals surface area contributed by atoms with E-state index in [0.29, 0.717) is 5.92 Å². The molecule has 0 N–H and O–H groups in total. The highest BCUT2D eigenvalue weighted by Crippen LogP contribution is 2.32. The van der Waals surface area contributed by atoms with Crippen LogP contribution in [-0.2, 0) is 11.3 Å². The van der Waals surface area contributed by atoms with Crippen molar-refractivity contribution in [1.82, 2.24) is 4.90 Å². The number of hydrogen-bond donors (Lipinski definition) is 0. The van der Waals surface area contributed by atoms with Gasteiger partial charge >= 0.3 is 0 Å². The van der Waals surface area contributed by atoms with Gasteiger partial charge in [-0.15, -0.1) is 0 Å². The van der Waals surface area contributed by atoms with Crippen LogP contribution in [0.4, 0.5) is 0 Å². The molecule has 2 heteroatoms. The molecule has 0 aliphatic carbocycles. The first-order valence-electron chi connectivity index (χ1n) is 5.98. The van der Waals surface area contributed by atoms with E-state index in [9.17, 15) is 0 Å². The van der Waals surface area contributed by atoms with E-state index in [2.05, 4.69) is 49.1 Å². The van der Waals surface area contributed by atoms with Crippen molar-refractivity contribution >= 4 is 0 Å². The summed E-state index contributed by atoms with van der Waals surface area (Å²) in [5.74, 6) is 0.588. The minimum Gasteiger partial charge on any atom is -0.375 e. The number of nitrogens with zero attached hydrogens (tertiary/aromatic N) is 1. The highest BCUT2D eigenvalue weighted by molar-refractivity contribution is 5.15. The molecule has 1 heterocycles. The van der Waals surface area contributed by atoms with Crippen molar-refractivity contribution in [3.63, 3.8) is 0 Å². The second kappa shape index (κ2) is 4.56. The predicted octanol–water partition coefficient (Wildman–Crippen LogP) is 2.54. The van der Waals surface area contributed by atoms with Crippen molar-refractivity contribution in [2.75, 3.05) is 20.2 Å². The Morgan fingerprint density at radius 2 is 1.88 bits per heavy atom. The number of ether oxygens (including phenoxy) is 1. The lowest BCUT2D eigenvalue weighted by atomic mass is 9.82. The third-order valence-corrected chi connectivity index (χ3v) is 3.69. The summed E-state index contributed by atoms with van der Waals surface area (Å²) < 4.78 is 5.66. The molecule has 1 saturated heterocycles. The smallest absolute Gasteiger partial charge is 0.0953 e. The molecule has 2 rings (SSSR count). The van der Waals surface area contributed by atoms with Crippen molar-refractivity contribution in [2.24, 2.45) is 5.92 Å². The fraction of sp³-hybridized carbons (Fsp3) is 0.571. The van der Waals surface area contributed by atoms with Crippen LogP contribution in [0.1, 0.15) is 19.4 Å². The first-order chi connectivity index (χ1) is 7.66. The van der Waals surface area contributed by atoms with Gasteiger partial charge in [0.05, 0.1) is 5.60 Å². The van der Waals surface area contributed by atoms with Gasteiger partial charge in [-0.2, -0.15) is 0 Å². The SMILES string of the molecule is COC1(C(C)C)CN(Cc2ccccc2)C1. The Morgan fingerprint density at radius 1 is 1.25 bits per heavy atom. The molecule has 0 saturated carbocycles. The van der Waals surface area contributed by atoms with Crippen LogP contribution in [0.2, 0.25) is 0 Å². The van der Waals surface area contributed by atoms with Crippen LogP contribution in [0.3, 0.4) is 0 Å². The average Bonchev–Trinajstić information content (AvgIpc) is 2.24. The Hall–Kier alpha value is -0.860. The van der Waals surface area contributed by atoms with Crippen LogP contribution in [0.15, 0.2) is 30.3 Å². The fourth-order valence-corrected chi connectivity index (χ4v) is 2.39. The van der Waals surface area contributed by atoms with E-state index < -0.39 is 0 Å². The van der Waals surface area contributed by atoms with E-state index in [0.717, 1.165) is 19.6 Å². The normalized spacial score (nSPS) is 19.8. The Kier molecular flexibility index (Phi) is 3.31. The first-order valence-corrected chi connectivity index (χ1v) is 5.98. The molecule has 0 atom stereocenters. The molecule has 1 aliphatic rings. The number of rotatable bonds is 4. The molecule has 0 unspecified atom stereocenters. The second-order valence-electron chi connectivity index (χ2n) is 5.05. The molecule has 0 aromatic heterocycles. The highest BCUT2D eigenvalue weighted by atomic mass is 16.5. The molecule has 2 nitrogen and oxygen atoms in total. The molecule has 0 bridgehead atoms. The van der Waals surface area contributed by atoms with Gasteiger partial charge in [-0.3, -0.25) is 4.90 Å². The summed E-state index contributed by atoms with van der Waals surface area (Å²) in [5.41, 5.74) is 1.48. The van der Waals surface area contributed by atoms with Crippen LogP contribution < -0.4 is 0 Å². The van der Waals surface area contributed by atoms with Crippen molar-refractivity contribution in [3.05, 3.63) is 35.9 Å². The van der Waals surface area contributed by atoms with E-state index in [-0.39, 0.29) is 5.60 Å². The van der Waals surface area contributed by atoms with E-state index in [1.54, 1.807) is 0 Å². The minimum absolute atomic E-state index is 0.0920. The van der Waals surface area contributed by atoms with Crippen LogP contribution >= 0.6 is 0 Å². The van der Waals surface area contributed by atoms with Gasteiger partial charge in [0.1, 0.15) is 0 Å². The van der Waals surface area contributed by atoms with Gasteiger partial charge in [-0.25, -0.2) is 0 Å². The molecule has 0 amide bonds.